The molecule has 4 nitrogen and oxygen atoms in total. The van der Waals surface area contributed by atoms with Crippen LogP contribution in [0.25, 0.3) is 0 Å². The summed E-state index contributed by atoms with van der Waals surface area (Å²) in [5, 5.41) is 19.8. The summed E-state index contributed by atoms with van der Waals surface area (Å²) in [6.45, 7) is 3.03. The monoisotopic (exact) mass is 446 g/mol. The molecule has 10 heteroatoms. The van der Waals surface area contributed by atoms with Crippen molar-refractivity contribution in [1.82, 2.24) is 0 Å². The molecule has 2 N–H and O–H groups in total. The van der Waals surface area contributed by atoms with Gasteiger partial charge in [-0.1, -0.05) is 0 Å². The van der Waals surface area contributed by atoms with Gasteiger partial charge < -0.3 is 10.2 Å². The van der Waals surface area contributed by atoms with Crippen LogP contribution in [0.5, 0.6) is 11.5 Å². The molecule has 0 saturated carbocycles. The van der Waals surface area contributed by atoms with Crippen molar-refractivity contribution in [3.8, 4) is 11.5 Å². The van der Waals surface area contributed by atoms with Crippen molar-refractivity contribution in [1.29, 1.82) is 0 Å². The molecule has 2 aromatic carbocycles. The van der Waals surface area contributed by atoms with Crippen LogP contribution in [0.15, 0.2) is 34.3 Å². The Hall–Kier alpha value is -3.04. The molecule has 0 radical (unpaired) electrons. The molecular formula is C21H20F6N2O2. The molecule has 0 aromatic heterocycles. The van der Waals surface area contributed by atoms with Crippen LogP contribution >= 0.6 is 0 Å². The average Bonchev–Trinajstić information content (AvgIpc) is 2.65. The van der Waals surface area contributed by atoms with E-state index in [1.165, 1.54) is 13.8 Å². The Morgan fingerprint density at radius 1 is 0.710 bits per heavy atom. The lowest BCUT2D eigenvalue weighted by Gasteiger charge is -2.11. The van der Waals surface area contributed by atoms with Gasteiger partial charge in [-0.2, -0.15) is 26.3 Å². The van der Waals surface area contributed by atoms with E-state index in [2.05, 4.69) is 9.98 Å². The van der Waals surface area contributed by atoms with Gasteiger partial charge in [0, 0.05) is 36.6 Å². The number of benzene rings is 2. The van der Waals surface area contributed by atoms with Crippen LogP contribution in [-0.2, 0) is 12.4 Å². The third kappa shape index (κ3) is 6.47. The van der Waals surface area contributed by atoms with Crippen LogP contribution in [0.3, 0.4) is 0 Å². The van der Waals surface area contributed by atoms with E-state index in [1.807, 2.05) is 0 Å². The van der Waals surface area contributed by atoms with Crippen molar-refractivity contribution < 1.29 is 36.6 Å². The maximum Gasteiger partial charge on any atom is 0.416 e. The molecule has 0 saturated heterocycles. The van der Waals surface area contributed by atoms with Crippen LogP contribution < -0.4 is 0 Å². The standard InChI is InChI=1S/C21H20F6N2O2/c1-12-6-16(20(22,23)24)8-14(18(12)30)10-28-4-3-5-29-11-15-9-17(21(25,26)27)7-13(2)19(15)31/h6-11,30-31H,3-5H2,1-2H3. The first-order valence-electron chi connectivity index (χ1n) is 9.12. The van der Waals surface area contributed by atoms with Crippen LogP contribution in [0.2, 0.25) is 0 Å². The van der Waals surface area contributed by atoms with Crippen molar-refractivity contribution in [3.63, 3.8) is 0 Å². The molecule has 0 aliphatic rings. The van der Waals surface area contributed by atoms with E-state index in [4.69, 9.17) is 0 Å². The van der Waals surface area contributed by atoms with E-state index < -0.39 is 23.5 Å². The summed E-state index contributed by atoms with van der Waals surface area (Å²) >= 11 is 0. The second-order valence-electron chi connectivity index (χ2n) is 6.88. The minimum Gasteiger partial charge on any atom is -0.507 e. The van der Waals surface area contributed by atoms with E-state index in [9.17, 15) is 36.6 Å². The number of halogens is 6. The lowest BCUT2D eigenvalue weighted by molar-refractivity contribution is -0.138. The molecule has 2 rings (SSSR count). The number of nitrogens with zero attached hydrogens (tertiary/aromatic N) is 2. The zero-order chi connectivity index (χ0) is 23.4. The van der Waals surface area contributed by atoms with Gasteiger partial charge in [-0.15, -0.1) is 0 Å². The van der Waals surface area contributed by atoms with Gasteiger partial charge in [-0.25, -0.2) is 0 Å². The largest absolute Gasteiger partial charge is 0.507 e. The predicted molar refractivity (Wildman–Crippen MR) is 105 cm³/mol. The van der Waals surface area contributed by atoms with E-state index >= 15 is 0 Å². The van der Waals surface area contributed by atoms with Gasteiger partial charge >= 0.3 is 12.4 Å². The Bertz CT molecular complexity index is 915. The van der Waals surface area contributed by atoms with Crippen molar-refractivity contribution >= 4 is 12.4 Å². The van der Waals surface area contributed by atoms with Crippen molar-refractivity contribution in [2.45, 2.75) is 32.6 Å². The zero-order valence-corrected chi connectivity index (χ0v) is 16.6. The molecule has 168 valence electrons. The highest BCUT2D eigenvalue weighted by atomic mass is 19.4. The predicted octanol–water partition coefficient (Wildman–Crippen LogP) is 5.68. The highest BCUT2D eigenvalue weighted by Gasteiger charge is 2.32. The molecule has 31 heavy (non-hydrogen) atoms. The van der Waals surface area contributed by atoms with Crippen LogP contribution in [0.1, 0.15) is 39.8 Å². The number of rotatable bonds is 6. The summed E-state index contributed by atoms with van der Waals surface area (Å²) in [5.74, 6) is -0.602. The molecular weight excluding hydrogens is 426 g/mol. The minimum atomic E-state index is -4.55. The smallest absolute Gasteiger partial charge is 0.416 e. The number of hydrogen-bond donors (Lipinski definition) is 2. The second kappa shape index (κ2) is 9.40. The van der Waals surface area contributed by atoms with Crippen molar-refractivity contribution in [2.75, 3.05) is 13.1 Å². The molecule has 0 bridgehead atoms. The Morgan fingerprint density at radius 3 is 1.39 bits per heavy atom. The zero-order valence-electron chi connectivity index (χ0n) is 16.6. The minimum absolute atomic E-state index is 0.0667. The normalized spacial score (nSPS) is 12.9. The van der Waals surface area contributed by atoms with Crippen LogP contribution in [0.4, 0.5) is 26.3 Å². The summed E-state index contributed by atoms with van der Waals surface area (Å²) in [6, 6.07) is 3.27. The topological polar surface area (TPSA) is 65.2 Å². The van der Waals surface area contributed by atoms with E-state index in [0.717, 1.165) is 36.7 Å². The van der Waals surface area contributed by atoms with Gasteiger partial charge in [0.05, 0.1) is 11.1 Å². The molecule has 2 aromatic rings. The van der Waals surface area contributed by atoms with Crippen LogP contribution in [0, 0.1) is 13.8 Å². The third-order valence-corrected chi connectivity index (χ3v) is 4.35. The quantitative estimate of drug-likeness (QED) is 0.341. The third-order valence-electron chi connectivity index (χ3n) is 4.35. The molecule has 0 aliphatic heterocycles. The first kappa shape index (κ1) is 24.2. The molecule has 0 fully saturated rings. The molecule has 0 atom stereocenters. The highest BCUT2D eigenvalue weighted by molar-refractivity contribution is 5.85. The summed E-state index contributed by atoms with van der Waals surface area (Å²) in [4.78, 5) is 7.93. The van der Waals surface area contributed by atoms with Gasteiger partial charge in [0.25, 0.3) is 0 Å². The molecule has 0 spiro atoms. The fraction of sp³-hybridized carbons (Fsp3) is 0.333. The second-order valence-corrected chi connectivity index (χ2v) is 6.88. The van der Waals surface area contributed by atoms with E-state index in [-0.39, 0.29) is 46.8 Å². The lowest BCUT2D eigenvalue weighted by atomic mass is 10.0. The lowest BCUT2D eigenvalue weighted by Crippen LogP contribution is -2.06. The maximum atomic E-state index is 12.9. The Balaban J connectivity index is 1.99. The highest BCUT2D eigenvalue weighted by Crippen LogP contribution is 2.35. The van der Waals surface area contributed by atoms with E-state index in [1.54, 1.807) is 0 Å². The first-order valence-corrected chi connectivity index (χ1v) is 9.12. The number of phenols is 2. The number of phenolic OH excluding ortho intramolecular Hbond substituents is 2. The van der Waals surface area contributed by atoms with Gasteiger partial charge in [-0.05, 0) is 55.7 Å². The molecule has 0 aliphatic carbocycles. The van der Waals surface area contributed by atoms with Gasteiger partial charge in [0.15, 0.2) is 0 Å². The average molecular weight is 446 g/mol. The molecule has 0 amide bonds. The summed E-state index contributed by atoms with van der Waals surface area (Å²) in [6.07, 6.45) is -6.50. The number of aromatic hydroxyl groups is 2. The fourth-order valence-electron chi connectivity index (χ4n) is 2.72. The Morgan fingerprint density at radius 2 is 1.06 bits per heavy atom. The Labute approximate surface area is 174 Å². The number of hydrogen-bond acceptors (Lipinski definition) is 4. The summed E-state index contributed by atoms with van der Waals surface area (Å²) in [7, 11) is 0. The summed E-state index contributed by atoms with van der Waals surface area (Å²) in [5.41, 5.74) is -1.80. The van der Waals surface area contributed by atoms with Gasteiger partial charge in [-0.3, -0.25) is 9.98 Å². The van der Waals surface area contributed by atoms with Gasteiger partial charge in [0.2, 0.25) is 0 Å². The molecule has 0 unspecified atom stereocenters. The fourth-order valence-corrected chi connectivity index (χ4v) is 2.72. The van der Waals surface area contributed by atoms with E-state index in [0.29, 0.717) is 6.42 Å². The SMILES string of the molecule is Cc1cc(C(F)(F)F)cc(C=NCCCN=Cc2cc(C(F)(F)F)cc(C)c2O)c1O. The first-order chi connectivity index (χ1) is 14.3. The van der Waals surface area contributed by atoms with Crippen molar-refractivity contribution in [2.24, 2.45) is 9.98 Å². The number of alkyl halides is 6. The molecule has 0 heterocycles. The Kier molecular flexibility index (Phi) is 7.35. The van der Waals surface area contributed by atoms with Crippen molar-refractivity contribution in [3.05, 3.63) is 57.6 Å². The summed E-state index contributed by atoms with van der Waals surface area (Å²) < 4.78 is 77.2. The van der Waals surface area contributed by atoms with Crippen LogP contribution in [-0.4, -0.2) is 35.7 Å². The maximum absolute atomic E-state index is 12.9. The number of aryl methyl sites for hydroxylation is 2. The number of aliphatic imine (C=N–C) groups is 2. The van der Waals surface area contributed by atoms with Gasteiger partial charge in [0.1, 0.15) is 11.5 Å².